The van der Waals surface area contributed by atoms with Gasteiger partial charge in [0.05, 0.1) is 11.5 Å². The maximum absolute atomic E-state index is 12.1. The Morgan fingerprint density at radius 2 is 2.05 bits per heavy atom. The first-order chi connectivity index (χ1) is 9.29. The number of benzene rings is 1. The van der Waals surface area contributed by atoms with Gasteiger partial charge < -0.3 is 4.74 Å². The largest absolute Gasteiger partial charge is 0.465 e. The van der Waals surface area contributed by atoms with Crippen LogP contribution in [0.3, 0.4) is 0 Å². The van der Waals surface area contributed by atoms with Crippen molar-refractivity contribution in [2.24, 2.45) is 0 Å². The minimum atomic E-state index is -4.19. The molecule has 0 heterocycles. The van der Waals surface area contributed by atoms with Crippen molar-refractivity contribution in [2.45, 2.75) is 24.8 Å². The molecule has 0 spiro atoms. The third kappa shape index (κ3) is 3.75. The van der Waals surface area contributed by atoms with E-state index < -0.39 is 37.5 Å². The molecule has 110 valence electrons. The molecule has 8 nitrogen and oxygen atoms in total. The highest BCUT2D eigenvalue weighted by Crippen LogP contribution is 2.22. The van der Waals surface area contributed by atoms with E-state index in [1.165, 1.54) is 19.1 Å². The summed E-state index contributed by atoms with van der Waals surface area (Å²) in [7, 11) is -4.19. The molecule has 1 unspecified atom stereocenters. The Hall–Kier alpha value is -2.00. The lowest BCUT2D eigenvalue weighted by Crippen LogP contribution is -2.39. The van der Waals surface area contributed by atoms with Gasteiger partial charge in [0, 0.05) is 6.07 Å². The molecule has 0 aliphatic carbocycles. The summed E-state index contributed by atoms with van der Waals surface area (Å²) >= 11 is 0. The molecule has 0 aromatic heterocycles. The Balaban J connectivity index is 3.06. The SMILES string of the molecule is CCOC(=O)C(C)NS(=O)(=O)c1ccccc1[N+](=O)[O-]. The summed E-state index contributed by atoms with van der Waals surface area (Å²) in [5.41, 5.74) is -0.559. The topological polar surface area (TPSA) is 116 Å². The number of sulfonamides is 1. The van der Waals surface area contributed by atoms with Gasteiger partial charge in [-0.15, -0.1) is 0 Å². The summed E-state index contributed by atoms with van der Waals surface area (Å²) in [5.74, 6) is -0.755. The van der Waals surface area contributed by atoms with E-state index in [0.29, 0.717) is 0 Å². The van der Waals surface area contributed by atoms with Gasteiger partial charge in [-0.05, 0) is 19.9 Å². The summed E-state index contributed by atoms with van der Waals surface area (Å²) < 4.78 is 30.8. The van der Waals surface area contributed by atoms with Crippen molar-refractivity contribution in [3.05, 3.63) is 34.4 Å². The molecular formula is C11H14N2O6S. The van der Waals surface area contributed by atoms with E-state index in [0.717, 1.165) is 12.1 Å². The van der Waals surface area contributed by atoms with Crippen LogP contribution in [0.15, 0.2) is 29.2 Å². The number of nitrogens with one attached hydrogen (secondary N) is 1. The lowest BCUT2D eigenvalue weighted by atomic mass is 10.3. The number of carbonyl (C=O) groups excluding carboxylic acids is 1. The molecule has 1 aromatic rings. The zero-order valence-electron chi connectivity index (χ0n) is 10.9. The molecule has 1 atom stereocenters. The number of carbonyl (C=O) groups is 1. The third-order valence-electron chi connectivity index (χ3n) is 2.32. The van der Waals surface area contributed by atoms with Gasteiger partial charge in [0.1, 0.15) is 6.04 Å². The summed E-state index contributed by atoms with van der Waals surface area (Å²) in [6.45, 7) is 2.99. The van der Waals surface area contributed by atoms with Crippen LogP contribution in [0.5, 0.6) is 0 Å². The smallest absolute Gasteiger partial charge is 0.323 e. The average molecular weight is 302 g/mol. The number of nitrogens with zero attached hydrogens (tertiary/aromatic N) is 1. The van der Waals surface area contributed by atoms with Gasteiger partial charge in [0.15, 0.2) is 4.90 Å². The van der Waals surface area contributed by atoms with E-state index in [9.17, 15) is 23.3 Å². The van der Waals surface area contributed by atoms with Gasteiger partial charge in [0.2, 0.25) is 10.0 Å². The van der Waals surface area contributed by atoms with Crippen LogP contribution < -0.4 is 4.72 Å². The Morgan fingerprint density at radius 3 is 2.60 bits per heavy atom. The van der Waals surface area contributed by atoms with Crippen molar-refractivity contribution in [3.63, 3.8) is 0 Å². The number of rotatable bonds is 6. The highest BCUT2D eigenvalue weighted by molar-refractivity contribution is 7.89. The highest BCUT2D eigenvalue weighted by Gasteiger charge is 2.28. The second-order valence-corrected chi connectivity index (χ2v) is 5.50. The average Bonchev–Trinajstić information content (AvgIpc) is 2.38. The number of ether oxygens (including phenoxy) is 1. The second-order valence-electron chi connectivity index (χ2n) is 3.82. The number of nitro groups is 1. The van der Waals surface area contributed by atoms with E-state index in [2.05, 4.69) is 4.74 Å². The zero-order valence-corrected chi connectivity index (χ0v) is 11.7. The third-order valence-corrected chi connectivity index (χ3v) is 3.91. The van der Waals surface area contributed by atoms with E-state index in [1.807, 2.05) is 4.72 Å². The van der Waals surface area contributed by atoms with Crippen LogP contribution in [0.25, 0.3) is 0 Å². The summed E-state index contributed by atoms with van der Waals surface area (Å²) in [6.07, 6.45) is 0. The molecule has 9 heteroatoms. The monoisotopic (exact) mass is 302 g/mol. The molecule has 0 radical (unpaired) electrons. The fourth-order valence-corrected chi connectivity index (χ4v) is 2.81. The van der Waals surface area contributed by atoms with E-state index >= 15 is 0 Å². The van der Waals surface area contributed by atoms with E-state index in [4.69, 9.17) is 0 Å². The predicted octanol–water partition coefficient (Wildman–Crippen LogP) is 0.825. The normalized spacial score (nSPS) is 12.7. The molecule has 1 N–H and O–H groups in total. The second kappa shape index (κ2) is 6.44. The van der Waals surface area contributed by atoms with Crippen LogP contribution in [0.2, 0.25) is 0 Å². The van der Waals surface area contributed by atoms with Crippen LogP contribution in [0, 0.1) is 10.1 Å². The Kier molecular flexibility index (Phi) is 5.17. The highest BCUT2D eigenvalue weighted by atomic mass is 32.2. The molecule has 0 aliphatic rings. The van der Waals surface area contributed by atoms with Crippen LogP contribution in [-0.4, -0.2) is 32.0 Å². The van der Waals surface area contributed by atoms with Gasteiger partial charge in [-0.1, -0.05) is 12.1 Å². The first kappa shape index (κ1) is 16.1. The first-order valence-electron chi connectivity index (χ1n) is 5.72. The molecule has 1 rings (SSSR count). The molecule has 1 aromatic carbocycles. The van der Waals surface area contributed by atoms with Crippen LogP contribution >= 0.6 is 0 Å². The Morgan fingerprint density at radius 1 is 1.45 bits per heavy atom. The van der Waals surface area contributed by atoms with E-state index in [1.54, 1.807) is 6.92 Å². The minimum absolute atomic E-state index is 0.108. The summed E-state index contributed by atoms with van der Waals surface area (Å²) in [5, 5.41) is 10.8. The van der Waals surface area contributed by atoms with Crippen LogP contribution in [-0.2, 0) is 19.6 Å². The number of esters is 1. The molecule has 0 amide bonds. The van der Waals surface area contributed by atoms with Crippen LogP contribution in [0.1, 0.15) is 13.8 Å². The zero-order chi connectivity index (χ0) is 15.3. The van der Waals surface area contributed by atoms with Gasteiger partial charge in [-0.2, -0.15) is 4.72 Å². The quantitative estimate of drug-likeness (QED) is 0.472. The number of nitro benzene ring substituents is 1. The van der Waals surface area contributed by atoms with Crippen molar-refractivity contribution in [3.8, 4) is 0 Å². The van der Waals surface area contributed by atoms with Gasteiger partial charge >= 0.3 is 5.97 Å². The molecule has 0 saturated heterocycles. The van der Waals surface area contributed by atoms with Crippen molar-refractivity contribution in [1.82, 2.24) is 4.72 Å². The Bertz CT molecular complexity index is 613. The number of hydrogen-bond acceptors (Lipinski definition) is 6. The minimum Gasteiger partial charge on any atom is -0.465 e. The molecule has 0 aliphatic heterocycles. The van der Waals surface area contributed by atoms with Crippen molar-refractivity contribution in [1.29, 1.82) is 0 Å². The van der Waals surface area contributed by atoms with Crippen molar-refractivity contribution in [2.75, 3.05) is 6.61 Å². The maximum Gasteiger partial charge on any atom is 0.323 e. The van der Waals surface area contributed by atoms with Crippen molar-refractivity contribution < 1.29 is 22.9 Å². The molecular weight excluding hydrogens is 288 g/mol. The predicted molar refractivity (Wildman–Crippen MR) is 69.5 cm³/mol. The molecule has 0 saturated carbocycles. The lowest BCUT2D eigenvalue weighted by molar-refractivity contribution is -0.387. The lowest BCUT2D eigenvalue weighted by Gasteiger charge is -2.13. The summed E-state index contributed by atoms with van der Waals surface area (Å²) in [6, 6.07) is 3.74. The maximum atomic E-state index is 12.1. The number of para-hydroxylation sites is 1. The van der Waals surface area contributed by atoms with Crippen molar-refractivity contribution >= 4 is 21.7 Å². The first-order valence-corrected chi connectivity index (χ1v) is 7.20. The molecule has 20 heavy (non-hydrogen) atoms. The summed E-state index contributed by atoms with van der Waals surface area (Å²) in [4.78, 5) is 20.9. The molecule has 0 fully saturated rings. The number of hydrogen-bond donors (Lipinski definition) is 1. The van der Waals surface area contributed by atoms with Gasteiger partial charge in [-0.3, -0.25) is 14.9 Å². The van der Waals surface area contributed by atoms with Gasteiger partial charge in [-0.25, -0.2) is 8.42 Å². The Labute approximate surface area is 115 Å². The van der Waals surface area contributed by atoms with Crippen LogP contribution in [0.4, 0.5) is 5.69 Å². The van der Waals surface area contributed by atoms with Gasteiger partial charge in [0.25, 0.3) is 5.69 Å². The fourth-order valence-electron chi connectivity index (χ4n) is 1.45. The fraction of sp³-hybridized carbons (Fsp3) is 0.364. The van der Waals surface area contributed by atoms with E-state index in [-0.39, 0.29) is 6.61 Å². The standard InChI is InChI=1S/C11H14N2O6S/c1-3-19-11(14)8(2)12-20(17,18)10-7-5-4-6-9(10)13(15)16/h4-8,12H,3H2,1-2H3. The molecule has 0 bridgehead atoms.